The lowest BCUT2D eigenvalue weighted by Crippen LogP contribution is -2.21. The summed E-state index contributed by atoms with van der Waals surface area (Å²) in [7, 11) is 0. The van der Waals surface area contributed by atoms with Crippen molar-refractivity contribution in [2.24, 2.45) is 22.7 Å². The molecule has 1 aliphatic heterocycles. The molecule has 2 aromatic carbocycles. The van der Waals surface area contributed by atoms with Crippen molar-refractivity contribution < 1.29 is 24.1 Å². The van der Waals surface area contributed by atoms with Crippen molar-refractivity contribution in [3.8, 4) is 16.9 Å². The van der Waals surface area contributed by atoms with Gasteiger partial charge in [-0.3, -0.25) is 9.79 Å². The largest absolute Gasteiger partial charge is 0.493 e. The molecule has 2 atom stereocenters. The zero-order chi connectivity index (χ0) is 26.4. The Bertz CT molecular complexity index is 1170. The van der Waals surface area contributed by atoms with Crippen molar-refractivity contribution in [2.75, 3.05) is 19.8 Å². The molecule has 6 heteroatoms. The average molecular weight is 504 g/mol. The number of aliphatic imine (C=N–C) groups is 1. The van der Waals surface area contributed by atoms with E-state index < -0.39 is 5.97 Å². The number of hydrogen-bond acceptors (Lipinski definition) is 5. The van der Waals surface area contributed by atoms with Crippen LogP contribution < -0.4 is 4.74 Å². The molecule has 0 radical (unpaired) electrons. The second kappa shape index (κ2) is 12.2. The summed E-state index contributed by atoms with van der Waals surface area (Å²) in [6.45, 7) is 12.9. The first kappa shape index (κ1) is 26.7. The molecule has 2 aliphatic rings. The minimum absolute atomic E-state index is 0.0753. The molecule has 2 aromatic rings. The van der Waals surface area contributed by atoms with Crippen molar-refractivity contribution >= 4 is 12.2 Å². The highest BCUT2D eigenvalue weighted by Crippen LogP contribution is 2.44. The summed E-state index contributed by atoms with van der Waals surface area (Å²) < 4.78 is 17.6. The third kappa shape index (κ3) is 7.10. The number of ether oxygens (including phenoxy) is 3. The number of rotatable bonds is 11. The second-order valence-corrected chi connectivity index (χ2v) is 10.0. The van der Waals surface area contributed by atoms with E-state index in [0.717, 1.165) is 49.5 Å². The van der Waals surface area contributed by atoms with Gasteiger partial charge in [0.15, 0.2) is 0 Å². The zero-order valence-corrected chi connectivity index (χ0v) is 22.0. The highest BCUT2D eigenvalue weighted by molar-refractivity contribution is 5.78. The first-order valence-corrected chi connectivity index (χ1v) is 13.0. The minimum Gasteiger partial charge on any atom is -0.493 e. The van der Waals surface area contributed by atoms with Gasteiger partial charge in [-0.05, 0) is 98.0 Å². The van der Waals surface area contributed by atoms with Gasteiger partial charge in [-0.25, -0.2) is 0 Å². The lowest BCUT2D eigenvalue weighted by atomic mass is 9.94. The molecule has 0 spiro atoms. The van der Waals surface area contributed by atoms with Gasteiger partial charge in [-0.1, -0.05) is 24.8 Å². The molecular weight excluding hydrogens is 466 g/mol. The number of aliphatic carboxylic acids is 1. The second-order valence-electron chi connectivity index (χ2n) is 10.0. The van der Waals surface area contributed by atoms with Crippen LogP contribution in [-0.2, 0) is 20.9 Å². The maximum absolute atomic E-state index is 11.1. The summed E-state index contributed by atoms with van der Waals surface area (Å²) >= 11 is 0. The number of hydrogen-bond donors (Lipinski definition) is 1. The maximum Gasteiger partial charge on any atom is 0.307 e. The smallest absolute Gasteiger partial charge is 0.307 e. The van der Waals surface area contributed by atoms with Gasteiger partial charge in [0.05, 0.1) is 18.7 Å². The molecule has 0 unspecified atom stereocenters. The molecule has 1 heterocycles. The van der Waals surface area contributed by atoms with Crippen LogP contribution in [-0.4, -0.2) is 37.1 Å². The summed E-state index contributed by atoms with van der Waals surface area (Å²) in [4.78, 5) is 15.4. The molecule has 1 N–H and O–H groups in total. The first-order valence-electron chi connectivity index (χ1n) is 13.0. The Morgan fingerprint density at radius 3 is 2.54 bits per heavy atom. The Morgan fingerprint density at radius 1 is 1.16 bits per heavy atom. The Kier molecular flexibility index (Phi) is 8.82. The van der Waals surface area contributed by atoms with E-state index in [1.807, 2.05) is 25.1 Å². The molecule has 0 aromatic heterocycles. The van der Waals surface area contributed by atoms with Gasteiger partial charge in [0.25, 0.3) is 0 Å². The number of allylic oxidation sites excluding steroid dienone is 3. The van der Waals surface area contributed by atoms with E-state index >= 15 is 0 Å². The lowest BCUT2D eigenvalue weighted by molar-refractivity contribution is -0.138. The van der Waals surface area contributed by atoms with Crippen LogP contribution >= 0.6 is 0 Å². The van der Waals surface area contributed by atoms with Crippen LogP contribution in [0.2, 0.25) is 0 Å². The van der Waals surface area contributed by atoms with Crippen LogP contribution in [0, 0.1) is 31.6 Å². The van der Waals surface area contributed by atoms with E-state index in [1.54, 1.807) is 6.21 Å². The normalized spacial score (nSPS) is 20.1. The van der Waals surface area contributed by atoms with Gasteiger partial charge >= 0.3 is 5.97 Å². The third-order valence-electron chi connectivity index (χ3n) is 7.13. The van der Waals surface area contributed by atoms with Crippen LogP contribution in [0.4, 0.5) is 0 Å². The van der Waals surface area contributed by atoms with Gasteiger partial charge in [-0.15, -0.1) is 0 Å². The summed E-state index contributed by atoms with van der Waals surface area (Å²) in [6.07, 6.45) is 6.19. The van der Waals surface area contributed by atoms with Crippen molar-refractivity contribution in [2.45, 2.75) is 46.6 Å². The molecule has 6 nitrogen and oxygen atoms in total. The summed E-state index contributed by atoms with van der Waals surface area (Å²) in [5.74, 6) is 0.884. The van der Waals surface area contributed by atoms with E-state index in [1.165, 1.54) is 16.7 Å². The topological polar surface area (TPSA) is 77.3 Å². The van der Waals surface area contributed by atoms with E-state index in [-0.39, 0.29) is 11.8 Å². The van der Waals surface area contributed by atoms with Gasteiger partial charge in [0.1, 0.15) is 18.1 Å². The Labute approximate surface area is 219 Å². The molecule has 0 bridgehead atoms. The highest BCUT2D eigenvalue weighted by atomic mass is 16.5. The predicted octanol–water partition coefficient (Wildman–Crippen LogP) is 6.50. The van der Waals surface area contributed by atoms with Gasteiger partial charge in [0, 0.05) is 24.8 Å². The summed E-state index contributed by atoms with van der Waals surface area (Å²) in [6, 6.07) is 12.6. The fourth-order valence-electron chi connectivity index (χ4n) is 4.85. The van der Waals surface area contributed by atoms with Crippen LogP contribution in [0.5, 0.6) is 5.75 Å². The predicted molar refractivity (Wildman–Crippen MR) is 146 cm³/mol. The molecule has 1 saturated heterocycles. The van der Waals surface area contributed by atoms with Gasteiger partial charge in [0.2, 0.25) is 0 Å². The van der Waals surface area contributed by atoms with E-state index in [4.69, 9.17) is 19.3 Å². The van der Waals surface area contributed by atoms with Crippen LogP contribution in [0.1, 0.15) is 42.9 Å². The molecule has 0 amide bonds. The number of nitrogens with zero attached hydrogens (tertiary/aromatic N) is 1. The van der Waals surface area contributed by atoms with Crippen LogP contribution in [0.3, 0.4) is 0 Å². The Balaban J connectivity index is 1.37. The van der Waals surface area contributed by atoms with E-state index in [0.29, 0.717) is 30.4 Å². The molecular formula is C31H37NO5. The highest BCUT2D eigenvalue weighted by Gasteiger charge is 2.45. The zero-order valence-electron chi connectivity index (χ0n) is 22.0. The summed E-state index contributed by atoms with van der Waals surface area (Å²) in [5.41, 5.74) is 6.35. The number of benzene rings is 2. The number of carboxylic acids is 1. The monoisotopic (exact) mass is 503 g/mol. The average Bonchev–Trinajstić information content (AvgIpc) is 3.70. The minimum atomic E-state index is -0.786. The molecule has 37 heavy (non-hydrogen) atoms. The lowest BCUT2D eigenvalue weighted by Gasteiger charge is -2.22. The SMILES string of the molecule is C=C(/N=C\C(=C/C)OCc1cccc(-c2c(C)cc(OCC3CCOCC3)cc2C)c1)[C@@H]1C[C@H]1C(=O)O. The van der Waals surface area contributed by atoms with Crippen molar-refractivity contribution in [1.82, 2.24) is 0 Å². The molecule has 1 saturated carbocycles. The standard InChI is InChI=1S/C31H37NO5/c1-5-26(17-32-22(4)28-16-29(28)31(33)34)36-19-24-7-6-8-25(15-24)30-20(2)13-27(14-21(30)3)37-18-23-9-11-35-12-10-23/h5-8,13-15,17,23,28-29H,4,9-12,16,18-19H2,1-3H3,(H,33,34)/b26-5+,32-17-/t28-,29+/m0/s1. The Morgan fingerprint density at radius 2 is 1.89 bits per heavy atom. The summed E-state index contributed by atoms with van der Waals surface area (Å²) in [5, 5.41) is 9.09. The number of carbonyl (C=O) groups is 1. The van der Waals surface area contributed by atoms with E-state index in [9.17, 15) is 4.79 Å². The van der Waals surface area contributed by atoms with Crippen molar-refractivity contribution in [3.63, 3.8) is 0 Å². The molecule has 4 rings (SSSR count). The number of aryl methyl sites for hydroxylation is 2. The number of carboxylic acid groups (broad SMARTS) is 1. The molecule has 1 aliphatic carbocycles. The maximum atomic E-state index is 11.1. The molecule has 2 fully saturated rings. The molecule has 196 valence electrons. The van der Waals surface area contributed by atoms with Crippen molar-refractivity contribution in [1.29, 1.82) is 0 Å². The van der Waals surface area contributed by atoms with Gasteiger partial charge in [-0.2, -0.15) is 0 Å². The Hall–Kier alpha value is -3.38. The fraction of sp³-hybridized carbons (Fsp3) is 0.419. The first-order chi connectivity index (χ1) is 17.9. The van der Waals surface area contributed by atoms with Crippen molar-refractivity contribution in [3.05, 3.63) is 77.2 Å². The third-order valence-corrected chi connectivity index (χ3v) is 7.13. The van der Waals surface area contributed by atoms with Gasteiger partial charge < -0.3 is 19.3 Å². The van der Waals surface area contributed by atoms with E-state index in [2.05, 4.69) is 49.7 Å². The fourth-order valence-corrected chi connectivity index (χ4v) is 4.85. The quantitative estimate of drug-likeness (QED) is 0.280. The van der Waals surface area contributed by atoms with Crippen LogP contribution in [0.15, 0.2) is 65.5 Å². The van der Waals surface area contributed by atoms with Crippen LogP contribution in [0.25, 0.3) is 11.1 Å².